The van der Waals surface area contributed by atoms with Gasteiger partial charge < -0.3 is 10.4 Å². The van der Waals surface area contributed by atoms with Crippen LogP contribution in [0.1, 0.15) is 23.7 Å². The topological polar surface area (TPSA) is 100 Å². The molecule has 0 fully saturated rings. The predicted octanol–water partition coefficient (Wildman–Crippen LogP) is 1.37. The molecule has 2 rings (SSSR count). The lowest BCUT2D eigenvalue weighted by atomic mass is 10.2. The molecule has 0 saturated heterocycles. The summed E-state index contributed by atoms with van der Waals surface area (Å²) in [7, 11) is 0. The first-order chi connectivity index (χ1) is 9.65. The van der Waals surface area contributed by atoms with Gasteiger partial charge in [0.05, 0.1) is 11.7 Å². The molecule has 0 aliphatic rings. The van der Waals surface area contributed by atoms with Crippen LogP contribution in [0.25, 0.3) is 0 Å². The summed E-state index contributed by atoms with van der Waals surface area (Å²) in [5, 5.41) is 22.7. The number of hydrogen-bond donors (Lipinski definition) is 3. The molecule has 2 heterocycles. The number of aliphatic hydroxyl groups excluding tert-OH is 1. The van der Waals surface area contributed by atoms with Gasteiger partial charge in [0.1, 0.15) is 11.3 Å². The van der Waals surface area contributed by atoms with Crippen molar-refractivity contribution in [2.75, 3.05) is 17.2 Å². The van der Waals surface area contributed by atoms with Gasteiger partial charge in [-0.2, -0.15) is 0 Å². The molecular formula is C12H15N5O2S. The van der Waals surface area contributed by atoms with Crippen LogP contribution in [0.4, 0.5) is 10.9 Å². The van der Waals surface area contributed by atoms with Gasteiger partial charge in [-0.25, -0.2) is 4.98 Å². The number of carbonyl (C=O) groups excluding carboxylic acids is 1. The second kappa shape index (κ2) is 6.92. The third-order valence-electron chi connectivity index (χ3n) is 2.47. The number of carbonyl (C=O) groups is 1. The fourth-order valence-corrected chi connectivity index (χ4v) is 1.88. The maximum Gasteiger partial charge on any atom is 0.259 e. The summed E-state index contributed by atoms with van der Waals surface area (Å²) < 4.78 is 0. The van der Waals surface area contributed by atoms with E-state index in [4.69, 9.17) is 5.11 Å². The van der Waals surface area contributed by atoms with Crippen molar-refractivity contribution < 1.29 is 9.90 Å². The number of nitrogens with zero attached hydrogens (tertiary/aromatic N) is 3. The van der Waals surface area contributed by atoms with E-state index in [0.29, 0.717) is 29.5 Å². The van der Waals surface area contributed by atoms with Crippen LogP contribution in [0, 0.1) is 0 Å². The molecule has 0 radical (unpaired) electrons. The van der Waals surface area contributed by atoms with Gasteiger partial charge in [-0.1, -0.05) is 11.3 Å². The zero-order valence-electron chi connectivity index (χ0n) is 10.9. The fraction of sp³-hybridized carbons (Fsp3) is 0.333. The smallest absolute Gasteiger partial charge is 0.259 e. The molecule has 0 aromatic carbocycles. The Kier molecular flexibility index (Phi) is 4.97. The highest BCUT2D eigenvalue weighted by atomic mass is 32.1. The maximum atomic E-state index is 11.9. The Morgan fingerprint density at radius 2 is 2.35 bits per heavy atom. The first-order valence-electron chi connectivity index (χ1n) is 6.10. The lowest BCUT2D eigenvalue weighted by Crippen LogP contribution is -2.13. The van der Waals surface area contributed by atoms with E-state index in [-0.39, 0.29) is 12.0 Å². The lowest BCUT2D eigenvalue weighted by molar-refractivity contribution is 0.102. The van der Waals surface area contributed by atoms with Crippen LogP contribution in [0.2, 0.25) is 0 Å². The predicted molar refractivity (Wildman–Crippen MR) is 76.9 cm³/mol. The standard InChI is InChI=1S/C12H15N5O2S/c1-8(18)4-5-13-10-3-2-9(6-14-10)11(19)16-12-17-15-7-20-12/h2-3,6-8,18H,4-5H2,1H3,(H,13,14)(H,16,17,19). The van der Waals surface area contributed by atoms with E-state index in [1.807, 2.05) is 0 Å². The zero-order chi connectivity index (χ0) is 14.4. The summed E-state index contributed by atoms with van der Waals surface area (Å²) in [5.74, 6) is 0.392. The summed E-state index contributed by atoms with van der Waals surface area (Å²) in [6, 6.07) is 3.39. The second-order valence-corrected chi connectivity index (χ2v) is 5.03. The van der Waals surface area contributed by atoms with E-state index in [1.54, 1.807) is 24.6 Å². The summed E-state index contributed by atoms with van der Waals surface area (Å²) in [4.78, 5) is 16.0. The molecule has 3 N–H and O–H groups in total. The van der Waals surface area contributed by atoms with Crippen molar-refractivity contribution in [1.29, 1.82) is 0 Å². The van der Waals surface area contributed by atoms with Crippen molar-refractivity contribution in [2.45, 2.75) is 19.4 Å². The molecule has 0 aliphatic carbocycles. The molecule has 2 aromatic heterocycles. The average molecular weight is 293 g/mol. The molecule has 1 atom stereocenters. The zero-order valence-corrected chi connectivity index (χ0v) is 11.7. The molecule has 0 spiro atoms. The molecule has 0 bridgehead atoms. The lowest BCUT2D eigenvalue weighted by Gasteiger charge is -2.07. The molecule has 1 unspecified atom stereocenters. The number of aliphatic hydroxyl groups is 1. The number of rotatable bonds is 6. The average Bonchev–Trinajstić information content (AvgIpc) is 2.92. The monoisotopic (exact) mass is 293 g/mol. The van der Waals surface area contributed by atoms with Crippen molar-refractivity contribution in [1.82, 2.24) is 15.2 Å². The largest absolute Gasteiger partial charge is 0.393 e. The van der Waals surface area contributed by atoms with Crippen molar-refractivity contribution in [3.05, 3.63) is 29.4 Å². The summed E-state index contributed by atoms with van der Waals surface area (Å²) in [6.45, 7) is 2.36. The van der Waals surface area contributed by atoms with E-state index < -0.39 is 0 Å². The molecule has 8 heteroatoms. The molecule has 20 heavy (non-hydrogen) atoms. The molecular weight excluding hydrogens is 278 g/mol. The molecule has 106 valence electrons. The Hall–Kier alpha value is -2.06. The van der Waals surface area contributed by atoms with E-state index >= 15 is 0 Å². The summed E-state index contributed by atoms with van der Waals surface area (Å²) in [6.07, 6.45) is 1.78. The summed E-state index contributed by atoms with van der Waals surface area (Å²) >= 11 is 1.25. The van der Waals surface area contributed by atoms with E-state index in [1.165, 1.54) is 17.5 Å². The molecule has 7 nitrogen and oxygen atoms in total. The van der Waals surface area contributed by atoms with Crippen LogP contribution in [-0.2, 0) is 0 Å². The van der Waals surface area contributed by atoms with Gasteiger partial charge in [-0.3, -0.25) is 10.1 Å². The Balaban J connectivity index is 1.89. The quantitative estimate of drug-likeness (QED) is 0.743. The van der Waals surface area contributed by atoms with Gasteiger partial charge in [0.25, 0.3) is 5.91 Å². The van der Waals surface area contributed by atoms with Gasteiger partial charge in [-0.05, 0) is 25.5 Å². The minimum Gasteiger partial charge on any atom is -0.393 e. The van der Waals surface area contributed by atoms with Gasteiger partial charge in [0.15, 0.2) is 0 Å². The number of hydrogen-bond acceptors (Lipinski definition) is 7. The van der Waals surface area contributed by atoms with Gasteiger partial charge in [0.2, 0.25) is 5.13 Å². The number of nitrogens with one attached hydrogen (secondary N) is 2. The van der Waals surface area contributed by atoms with Gasteiger partial charge in [0, 0.05) is 12.7 Å². The van der Waals surface area contributed by atoms with E-state index in [2.05, 4.69) is 25.8 Å². The van der Waals surface area contributed by atoms with Gasteiger partial charge in [-0.15, -0.1) is 10.2 Å². The number of aromatic nitrogens is 3. The van der Waals surface area contributed by atoms with Crippen molar-refractivity contribution in [2.24, 2.45) is 0 Å². The third kappa shape index (κ3) is 4.25. The molecule has 1 amide bonds. The highest BCUT2D eigenvalue weighted by molar-refractivity contribution is 7.13. The molecule has 0 aliphatic heterocycles. The number of amides is 1. The van der Waals surface area contributed by atoms with Crippen LogP contribution in [0.3, 0.4) is 0 Å². The van der Waals surface area contributed by atoms with Crippen LogP contribution in [0.15, 0.2) is 23.8 Å². The van der Waals surface area contributed by atoms with Crippen LogP contribution >= 0.6 is 11.3 Å². The minimum atomic E-state index is -0.348. The normalized spacial score (nSPS) is 11.9. The van der Waals surface area contributed by atoms with E-state index in [0.717, 1.165) is 0 Å². The Labute approximate surface area is 120 Å². The van der Waals surface area contributed by atoms with Crippen molar-refractivity contribution in [3.63, 3.8) is 0 Å². The minimum absolute atomic E-state index is 0.273. The molecule has 2 aromatic rings. The van der Waals surface area contributed by atoms with Crippen molar-refractivity contribution in [3.8, 4) is 0 Å². The van der Waals surface area contributed by atoms with Crippen LogP contribution < -0.4 is 10.6 Å². The highest BCUT2D eigenvalue weighted by Gasteiger charge is 2.08. The Bertz CT molecular complexity index is 541. The number of anilines is 2. The Morgan fingerprint density at radius 1 is 1.50 bits per heavy atom. The van der Waals surface area contributed by atoms with Crippen LogP contribution in [0.5, 0.6) is 0 Å². The summed E-state index contributed by atoms with van der Waals surface area (Å²) in [5.41, 5.74) is 1.99. The highest BCUT2D eigenvalue weighted by Crippen LogP contribution is 2.11. The SMILES string of the molecule is CC(O)CCNc1ccc(C(=O)Nc2nncs2)cn1. The maximum absolute atomic E-state index is 11.9. The van der Waals surface area contributed by atoms with Crippen molar-refractivity contribution >= 4 is 28.2 Å². The first kappa shape index (κ1) is 14.4. The third-order valence-corrected chi connectivity index (χ3v) is 3.08. The van der Waals surface area contributed by atoms with Crippen LogP contribution in [-0.4, -0.2) is 38.8 Å². The molecule has 0 saturated carbocycles. The number of pyridine rings is 1. The van der Waals surface area contributed by atoms with E-state index in [9.17, 15) is 4.79 Å². The first-order valence-corrected chi connectivity index (χ1v) is 6.98. The van der Waals surface area contributed by atoms with Gasteiger partial charge >= 0.3 is 0 Å². The second-order valence-electron chi connectivity index (χ2n) is 4.19. The Morgan fingerprint density at radius 3 is 2.95 bits per heavy atom. The fourth-order valence-electron chi connectivity index (χ4n) is 1.44.